The molecule has 0 saturated carbocycles. The van der Waals surface area contributed by atoms with Gasteiger partial charge in [-0.1, -0.05) is 47.5 Å². The second-order valence-electron chi connectivity index (χ2n) is 4.89. The van der Waals surface area contributed by atoms with Crippen LogP contribution in [0.25, 0.3) is 11.3 Å². The molecule has 0 fully saturated rings. The highest BCUT2D eigenvalue weighted by Gasteiger charge is 2.13. The minimum absolute atomic E-state index is 0.173. The fraction of sp³-hybridized carbons (Fsp3) is 0. The Morgan fingerprint density at radius 3 is 2.54 bits per heavy atom. The van der Waals surface area contributed by atoms with E-state index in [-0.39, 0.29) is 5.56 Å². The molecule has 1 aromatic heterocycles. The summed E-state index contributed by atoms with van der Waals surface area (Å²) in [6, 6.07) is 16.6. The van der Waals surface area contributed by atoms with Gasteiger partial charge >= 0.3 is 5.97 Å². The smallest absolute Gasteiger partial charge is 0.336 e. The van der Waals surface area contributed by atoms with E-state index in [1.54, 1.807) is 54.6 Å². The molecule has 0 aliphatic rings. The molecule has 0 aliphatic carbocycles. The number of benzene rings is 2. The molecule has 3 rings (SSSR count). The second-order valence-corrected chi connectivity index (χ2v) is 5.73. The van der Waals surface area contributed by atoms with Crippen LogP contribution in [0.4, 0.5) is 0 Å². The molecular formula is C18H11Cl2NO3. The molecule has 3 aromatic rings. The molecule has 2 aromatic carbocycles. The van der Waals surface area contributed by atoms with Crippen molar-refractivity contribution in [2.75, 3.05) is 0 Å². The van der Waals surface area contributed by atoms with Crippen molar-refractivity contribution in [2.45, 2.75) is 0 Å². The summed E-state index contributed by atoms with van der Waals surface area (Å²) in [6.07, 6.45) is 0. The fourth-order valence-electron chi connectivity index (χ4n) is 2.19. The van der Waals surface area contributed by atoms with Crippen LogP contribution in [0.5, 0.6) is 11.6 Å². The third kappa shape index (κ3) is 3.50. The second kappa shape index (κ2) is 6.91. The summed E-state index contributed by atoms with van der Waals surface area (Å²) in [5.41, 5.74) is 1.18. The number of nitrogens with zero attached hydrogens (tertiary/aromatic N) is 1. The van der Waals surface area contributed by atoms with E-state index in [0.717, 1.165) is 0 Å². The number of ether oxygens (including phenoxy) is 1. The Bertz CT molecular complexity index is 912. The first-order chi connectivity index (χ1) is 11.5. The third-order valence-corrected chi connectivity index (χ3v) is 3.80. The molecule has 0 spiro atoms. The van der Waals surface area contributed by atoms with Gasteiger partial charge in [-0.25, -0.2) is 9.78 Å². The van der Waals surface area contributed by atoms with Crippen molar-refractivity contribution in [2.24, 2.45) is 0 Å². The first-order valence-corrected chi connectivity index (χ1v) is 7.73. The van der Waals surface area contributed by atoms with Crippen LogP contribution in [0.15, 0.2) is 60.7 Å². The van der Waals surface area contributed by atoms with Gasteiger partial charge in [0.1, 0.15) is 5.75 Å². The highest BCUT2D eigenvalue weighted by molar-refractivity contribution is 6.35. The van der Waals surface area contributed by atoms with Crippen LogP contribution in [0, 0.1) is 0 Å². The number of rotatable bonds is 4. The maximum atomic E-state index is 11.4. The molecule has 4 nitrogen and oxygen atoms in total. The van der Waals surface area contributed by atoms with Gasteiger partial charge in [-0.2, -0.15) is 0 Å². The standard InChI is InChI=1S/C18H11Cl2NO3/c19-11-8-9-16(14(20)10-11)24-17-7-3-6-15(21-17)12-4-1-2-5-13(12)18(22)23/h1-10H,(H,22,23). The molecule has 0 atom stereocenters. The zero-order chi connectivity index (χ0) is 17.1. The summed E-state index contributed by atoms with van der Waals surface area (Å²) in [5.74, 6) is -0.298. The van der Waals surface area contributed by atoms with Crippen LogP contribution in [0.2, 0.25) is 10.0 Å². The number of carboxylic acid groups (broad SMARTS) is 1. The lowest BCUT2D eigenvalue weighted by molar-refractivity contribution is 0.0697. The van der Waals surface area contributed by atoms with Crippen LogP contribution in [0.1, 0.15) is 10.4 Å². The van der Waals surface area contributed by atoms with E-state index < -0.39 is 5.97 Å². The van der Waals surface area contributed by atoms with Gasteiger partial charge < -0.3 is 9.84 Å². The van der Waals surface area contributed by atoms with E-state index >= 15 is 0 Å². The quantitative estimate of drug-likeness (QED) is 0.663. The lowest BCUT2D eigenvalue weighted by Crippen LogP contribution is -2.00. The Kier molecular flexibility index (Phi) is 4.69. The molecule has 120 valence electrons. The number of halogens is 2. The van der Waals surface area contributed by atoms with E-state index in [0.29, 0.717) is 32.9 Å². The Hall–Kier alpha value is -2.56. The third-order valence-electron chi connectivity index (χ3n) is 3.27. The van der Waals surface area contributed by atoms with Crippen molar-refractivity contribution in [3.8, 4) is 22.9 Å². The lowest BCUT2D eigenvalue weighted by Gasteiger charge is -2.09. The SMILES string of the molecule is O=C(O)c1ccccc1-c1cccc(Oc2ccc(Cl)cc2Cl)n1. The van der Waals surface area contributed by atoms with Crippen LogP contribution < -0.4 is 4.74 Å². The summed E-state index contributed by atoms with van der Waals surface area (Å²) in [4.78, 5) is 15.7. The van der Waals surface area contributed by atoms with Crippen LogP contribution in [0.3, 0.4) is 0 Å². The number of carbonyl (C=O) groups is 1. The van der Waals surface area contributed by atoms with Crippen molar-refractivity contribution < 1.29 is 14.6 Å². The van der Waals surface area contributed by atoms with E-state index in [9.17, 15) is 9.90 Å². The maximum Gasteiger partial charge on any atom is 0.336 e. The van der Waals surface area contributed by atoms with Gasteiger partial charge in [0.05, 0.1) is 16.3 Å². The molecule has 1 N–H and O–H groups in total. The normalized spacial score (nSPS) is 10.4. The van der Waals surface area contributed by atoms with E-state index in [2.05, 4.69) is 4.98 Å². The lowest BCUT2D eigenvalue weighted by atomic mass is 10.0. The number of hydrogen-bond donors (Lipinski definition) is 1. The molecule has 0 bridgehead atoms. The van der Waals surface area contributed by atoms with Crippen molar-refractivity contribution in [3.63, 3.8) is 0 Å². The summed E-state index contributed by atoms with van der Waals surface area (Å²) < 4.78 is 5.68. The van der Waals surface area contributed by atoms with E-state index in [1.165, 1.54) is 6.07 Å². The van der Waals surface area contributed by atoms with Gasteiger partial charge in [-0.05, 0) is 30.3 Å². The van der Waals surface area contributed by atoms with Crippen molar-refractivity contribution in [1.29, 1.82) is 0 Å². The Morgan fingerprint density at radius 2 is 1.79 bits per heavy atom. The predicted molar refractivity (Wildman–Crippen MR) is 93.2 cm³/mol. The zero-order valence-electron chi connectivity index (χ0n) is 12.2. The molecule has 0 radical (unpaired) electrons. The average molecular weight is 360 g/mol. The number of carboxylic acids is 1. The van der Waals surface area contributed by atoms with Gasteiger partial charge in [-0.3, -0.25) is 0 Å². The highest BCUT2D eigenvalue weighted by Crippen LogP contribution is 2.32. The minimum Gasteiger partial charge on any atom is -0.478 e. The summed E-state index contributed by atoms with van der Waals surface area (Å²) in [6.45, 7) is 0. The molecule has 0 unspecified atom stereocenters. The van der Waals surface area contributed by atoms with Crippen molar-refractivity contribution in [1.82, 2.24) is 4.98 Å². The van der Waals surface area contributed by atoms with Crippen LogP contribution in [-0.2, 0) is 0 Å². The number of hydrogen-bond acceptors (Lipinski definition) is 3. The van der Waals surface area contributed by atoms with E-state index in [4.69, 9.17) is 27.9 Å². The zero-order valence-corrected chi connectivity index (χ0v) is 13.8. The van der Waals surface area contributed by atoms with Gasteiger partial charge in [0, 0.05) is 16.7 Å². The summed E-state index contributed by atoms with van der Waals surface area (Å²) >= 11 is 11.9. The number of aromatic nitrogens is 1. The Morgan fingerprint density at radius 1 is 1.00 bits per heavy atom. The van der Waals surface area contributed by atoms with Gasteiger partial charge in [0.25, 0.3) is 0 Å². The number of aromatic carboxylic acids is 1. The topological polar surface area (TPSA) is 59.4 Å². The van der Waals surface area contributed by atoms with E-state index in [1.807, 2.05) is 0 Å². The molecule has 6 heteroatoms. The highest BCUT2D eigenvalue weighted by atomic mass is 35.5. The molecule has 0 amide bonds. The fourth-order valence-corrected chi connectivity index (χ4v) is 2.63. The number of pyridine rings is 1. The van der Waals surface area contributed by atoms with Crippen molar-refractivity contribution >= 4 is 29.2 Å². The first kappa shape index (κ1) is 16.3. The van der Waals surface area contributed by atoms with Crippen LogP contribution in [-0.4, -0.2) is 16.1 Å². The maximum absolute atomic E-state index is 11.4. The Labute approximate surface area is 148 Å². The van der Waals surface area contributed by atoms with Gasteiger partial charge in [0.15, 0.2) is 0 Å². The first-order valence-electron chi connectivity index (χ1n) is 6.97. The molecule has 24 heavy (non-hydrogen) atoms. The van der Waals surface area contributed by atoms with Gasteiger partial charge in [0.2, 0.25) is 5.88 Å². The molecular weight excluding hydrogens is 349 g/mol. The molecule has 0 saturated heterocycles. The molecule has 0 aliphatic heterocycles. The summed E-state index contributed by atoms with van der Waals surface area (Å²) in [5, 5.41) is 10.2. The largest absolute Gasteiger partial charge is 0.478 e. The molecule has 1 heterocycles. The van der Waals surface area contributed by atoms with Crippen molar-refractivity contribution in [3.05, 3.63) is 76.3 Å². The predicted octanol–water partition coefficient (Wildman–Crippen LogP) is 5.55. The average Bonchev–Trinajstić information content (AvgIpc) is 2.58. The summed E-state index contributed by atoms with van der Waals surface area (Å²) in [7, 11) is 0. The van der Waals surface area contributed by atoms with Crippen LogP contribution >= 0.6 is 23.2 Å². The minimum atomic E-state index is -1.01. The Balaban J connectivity index is 1.97. The monoisotopic (exact) mass is 359 g/mol. The van der Waals surface area contributed by atoms with Gasteiger partial charge in [-0.15, -0.1) is 0 Å².